The Hall–Kier alpha value is -2.02. The van der Waals surface area contributed by atoms with Crippen molar-refractivity contribution < 1.29 is 14.7 Å². The van der Waals surface area contributed by atoms with Gasteiger partial charge in [0.2, 0.25) is 0 Å². The van der Waals surface area contributed by atoms with Crippen LogP contribution in [0.25, 0.3) is 0 Å². The number of hydrogen-bond acceptors (Lipinski definition) is 5. The molecule has 3 heterocycles. The molecule has 26 heavy (non-hydrogen) atoms. The Morgan fingerprint density at radius 1 is 1.27 bits per heavy atom. The highest BCUT2D eigenvalue weighted by Gasteiger charge is 2.54. The summed E-state index contributed by atoms with van der Waals surface area (Å²) in [6, 6.07) is 0. The minimum absolute atomic E-state index is 0.0244. The van der Waals surface area contributed by atoms with Crippen LogP contribution in [0, 0.1) is 24.2 Å². The summed E-state index contributed by atoms with van der Waals surface area (Å²) in [6.45, 7) is 5.30. The highest BCUT2D eigenvalue weighted by molar-refractivity contribution is 5.92. The number of carboxylic acids is 1. The molecule has 0 aromatic carbocycles. The Kier molecular flexibility index (Phi) is 4.42. The van der Waals surface area contributed by atoms with Crippen LogP contribution in [0.15, 0.2) is 12.4 Å². The fraction of sp³-hybridized carbons (Fsp3) is 0.684. The number of amides is 1. The number of carbonyl (C=O) groups is 2. The van der Waals surface area contributed by atoms with Gasteiger partial charge in [0.25, 0.3) is 5.91 Å². The molecule has 1 aliphatic carbocycles. The zero-order valence-corrected chi connectivity index (χ0v) is 15.2. The molecule has 0 bridgehead atoms. The number of likely N-dealkylation sites (tertiary alicyclic amines) is 2. The quantitative estimate of drug-likeness (QED) is 0.876. The summed E-state index contributed by atoms with van der Waals surface area (Å²) in [5.74, 6) is -0.128. The van der Waals surface area contributed by atoms with E-state index in [1.54, 1.807) is 11.1 Å². The summed E-state index contributed by atoms with van der Waals surface area (Å²) in [6.07, 6.45) is 6.99. The van der Waals surface area contributed by atoms with Gasteiger partial charge in [0.15, 0.2) is 0 Å². The Bertz CT molecular complexity index is 703. The fourth-order valence-electron chi connectivity index (χ4n) is 4.54. The van der Waals surface area contributed by atoms with E-state index >= 15 is 0 Å². The lowest BCUT2D eigenvalue weighted by molar-refractivity contribution is -0.150. The summed E-state index contributed by atoms with van der Waals surface area (Å²) in [5.41, 5.74) is 0.392. The number of aromatic nitrogens is 2. The third-order valence-electron chi connectivity index (χ3n) is 6.18. The topological polar surface area (TPSA) is 86.6 Å². The number of rotatable bonds is 4. The molecule has 1 aromatic rings. The van der Waals surface area contributed by atoms with E-state index in [-0.39, 0.29) is 11.8 Å². The van der Waals surface area contributed by atoms with Crippen LogP contribution in [0.3, 0.4) is 0 Å². The van der Waals surface area contributed by atoms with Gasteiger partial charge in [-0.05, 0) is 38.5 Å². The van der Waals surface area contributed by atoms with Crippen LogP contribution in [0.2, 0.25) is 0 Å². The number of carbonyl (C=O) groups excluding carboxylic acids is 1. The van der Waals surface area contributed by atoms with E-state index in [2.05, 4.69) is 14.9 Å². The zero-order valence-electron chi connectivity index (χ0n) is 15.2. The number of fused-ring (bicyclic) bond motifs is 1. The maximum Gasteiger partial charge on any atom is 0.311 e. The molecule has 3 fully saturated rings. The van der Waals surface area contributed by atoms with Crippen molar-refractivity contribution in [1.82, 2.24) is 19.8 Å². The van der Waals surface area contributed by atoms with Gasteiger partial charge in [-0.15, -0.1) is 0 Å². The number of nitrogens with zero attached hydrogens (tertiary/aromatic N) is 4. The first-order valence-corrected chi connectivity index (χ1v) is 9.51. The van der Waals surface area contributed by atoms with Crippen molar-refractivity contribution in [3.05, 3.63) is 23.8 Å². The molecular formula is C19H26N4O3. The van der Waals surface area contributed by atoms with Gasteiger partial charge in [-0.25, -0.2) is 4.98 Å². The molecule has 3 aliphatic rings. The highest BCUT2D eigenvalue weighted by Crippen LogP contribution is 2.44. The molecule has 2 saturated heterocycles. The Balaban J connectivity index is 1.53. The lowest BCUT2D eigenvalue weighted by Crippen LogP contribution is -2.42. The standard InChI is InChI=1S/C19H26N4O3/c1-13-7-21-16(8-20-13)17(24)23-6-2-5-19(18(25)26)12-22(9-14-3-4-14)10-15(19)11-23/h7-8,14-15H,2-6,9-12H2,1H3,(H,25,26)/t15-,19+/m1/s1. The Morgan fingerprint density at radius 2 is 2.08 bits per heavy atom. The van der Waals surface area contributed by atoms with E-state index in [1.165, 1.54) is 19.0 Å². The second-order valence-electron chi connectivity index (χ2n) is 8.19. The van der Waals surface area contributed by atoms with Crippen molar-refractivity contribution >= 4 is 11.9 Å². The van der Waals surface area contributed by atoms with Crippen LogP contribution in [-0.2, 0) is 4.79 Å². The first-order valence-electron chi connectivity index (χ1n) is 9.51. The molecular weight excluding hydrogens is 332 g/mol. The monoisotopic (exact) mass is 358 g/mol. The van der Waals surface area contributed by atoms with E-state index in [0.717, 1.165) is 24.7 Å². The molecule has 1 amide bonds. The van der Waals surface area contributed by atoms with Crippen molar-refractivity contribution in [3.8, 4) is 0 Å². The summed E-state index contributed by atoms with van der Waals surface area (Å²) >= 11 is 0. The van der Waals surface area contributed by atoms with Crippen molar-refractivity contribution in [3.63, 3.8) is 0 Å². The largest absolute Gasteiger partial charge is 0.481 e. The van der Waals surface area contributed by atoms with Crippen LogP contribution in [0.4, 0.5) is 0 Å². The van der Waals surface area contributed by atoms with Gasteiger partial charge in [0.05, 0.1) is 17.3 Å². The molecule has 0 unspecified atom stereocenters. The smallest absolute Gasteiger partial charge is 0.311 e. The molecule has 0 radical (unpaired) electrons. The van der Waals surface area contributed by atoms with Gasteiger partial charge in [-0.3, -0.25) is 14.6 Å². The average Bonchev–Trinajstić information content (AvgIpc) is 3.38. The number of aryl methyl sites for hydroxylation is 1. The van der Waals surface area contributed by atoms with Crippen LogP contribution < -0.4 is 0 Å². The molecule has 140 valence electrons. The van der Waals surface area contributed by atoms with Gasteiger partial charge >= 0.3 is 5.97 Å². The summed E-state index contributed by atoms with van der Waals surface area (Å²) in [7, 11) is 0. The van der Waals surface area contributed by atoms with Crippen molar-refractivity contribution in [2.45, 2.75) is 32.6 Å². The molecule has 7 heteroatoms. The van der Waals surface area contributed by atoms with E-state index in [0.29, 0.717) is 38.2 Å². The Labute approximate surface area is 153 Å². The van der Waals surface area contributed by atoms with E-state index in [9.17, 15) is 14.7 Å². The minimum Gasteiger partial charge on any atom is -0.481 e. The average molecular weight is 358 g/mol. The predicted molar refractivity (Wildman–Crippen MR) is 94.6 cm³/mol. The molecule has 1 N–H and O–H groups in total. The van der Waals surface area contributed by atoms with Crippen molar-refractivity contribution in [2.75, 3.05) is 32.7 Å². The summed E-state index contributed by atoms with van der Waals surface area (Å²) in [5, 5.41) is 10.0. The number of carboxylic acid groups (broad SMARTS) is 1. The zero-order chi connectivity index (χ0) is 18.3. The lowest BCUT2D eigenvalue weighted by Gasteiger charge is -2.29. The lowest BCUT2D eigenvalue weighted by atomic mass is 9.75. The normalized spacial score (nSPS) is 29.3. The van der Waals surface area contributed by atoms with Crippen molar-refractivity contribution in [1.29, 1.82) is 0 Å². The fourth-order valence-corrected chi connectivity index (χ4v) is 4.54. The molecule has 0 spiro atoms. The van der Waals surface area contributed by atoms with Crippen molar-refractivity contribution in [2.24, 2.45) is 17.3 Å². The second-order valence-corrected chi connectivity index (χ2v) is 8.19. The molecule has 4 rings (SSSR count). The van der Waals surface area contributed by atoms with Gasteiger partial charge in [-0.1, -0.05) is 0 Å². The summed E-state index contributed by atoms with van der Waals surface area (Å²) < 4.78 is 0. The molecule has 2 aliphatic heterocycles. The first kappa shape index (κ1) is 17.4. The second kappa shape index (κ2) is 6.61. The predicted octanol–water partition coefficient (Wildman–Crippen LogP) is 1.43. The summed E-state index contributed by atoms with van der Waals surface area (Å²) in [4.78, 5) is 37.5. The SMILES string of the molecule is Cc1cnc(C(=O)N2CCC[C@]3(C(=O)O)CN(CC4CC4)C[C@@H]3C2)cn1. The van der Waals surface area contributed by atoms with Gasteiger partial charge in [-0.2, -0.15) is 0 Å². The number of hydrogen-bond donors (Lipinski definition) is 1. The number of aliphatic carboxylic acids is 1. The van der Waals surface area contributed by atoms with Gasteiger partial charge in [0, 0.05) is 44.8 Å². The van der Waals surface area contributed by atoms with Gasteiger partial charge in [0.1, 0.15) is 5.69 Å². The van der Waals surface area contributed by atoms with Gasteiger partial charge < -0.3 is 14.9 Å². The van der Waals surface area contributed by atoms with Crippen LogP contribution in [-0.4, -0.2) is 69.5 Å². The molecule has 1 aromatic heterocycles. The molecule has 7 nitrogen and oxygen atoms in total. The van der Waals surface area contributed by atoms with Crippen LogP contribution >= 0.6 is 0 Å². The van der Waals surface area contributed by atoms with Crippen LogP contribution in [0.5, 0.6) is 0 Å². The van der Waals surface area contributed by atoms with E-state index < -0.39 is 11.4 Å². The molecule has 1 saturated carbocycles. The third-order valence-corrected chi connectivity index (χ3v) is 6.18. The Morgan fingerprint density at radius 3 is 2.73 bits per heavy atom. The maximum absolute atomic E-state index is 12.9. The van der Waals surface area contributed by atoms with Crippen LogP contribution in [0.1, 0.15) is 41.9 Å². The van der Waals surface area contributed by atoms with E-state index in [4.69, 9.17) is 0 Å². The van der Waals surface area contributed by atoms with E-state index in [1.807, 2.05) is 6.92 Å². The highest BCUT2D eigenvalue weighted by atomic mass is 16.4. The third kappa shape index (κ3) is 3.20. The first-order chi connectivity index (χ1) is 12.5. The maximum atomic E-state index is 12.9. The minimum atomic E-state index is -0.719. The molecule has 2 atom stereocenters.